The maximum absolute atomic E-state index is 6.76. The van der Waals surface area contributed by atoms with Gasteiger partial charge >= 0.3 is 21.1 Å². The summed E-state index contributed by atoms with van der Waals surface area (Å²) < 4.78 is 11.1. The van der Waals surface area contributed by atoms with Gasteiger partial charge in [-0.25, -0.2) is 4.98 Å². The van der Waals surface area contributed by atoms with Crippen LogP contribution >= 0.6 is 0 Å². The number of fused-ring (bicyclic) bond motifs is 3. The number of rotatable bonds is 12. The second-order valence-electron chi connectivity index (χ2n) is 17.2. The predicted molar refractivity (Wildman–Crippen MR) is 229 cm³/mol. The van der Waals surface area contributed by atoms with Gasteiger partial charge < -0.3 is 9.30 Å². The van der Waals surface area contributed by atoms with E-state index in [1.54, 1.807) is 0 Å². The molecule has 0 amide bonds. The third-order valence-corrected chi connectivity index (χ3v) is 10.6. The number of para-hydroxylation sites is 1. The van der Waals surface area contributed by atoms with E-state index < -0.39 is 0 Å². The molecule has 0 saturated carbocycles. The maximum Gasteiger partial charge on any atom is 2.00 e. The molecule has 292 valence electrons. The number of hydrogen-bond acceptors (Lipinski definition) is 3. The van der Waals surface area contributed by atoms with Gasteiger partial charge in [-0.3, -0.25) is 4.68 Å². The zero-order valence-corrected chi connectivity index (χ0v) is 37.0. The van der Waals surface area contributed by atoms with Crippen LogP contribution in [0.2, 0.25) is 0 Å². The Balaban J connectivity index is 0.00000532. The molecule has 0 unspecified atom stereocenters. The third-order valence-electron chi connectivity index (χ3n) is 10.6. The second-order valence-corrected chi connectivity index (χ2v) is 17.2. The fraction of sp³-hybridized carbons (Fsp3) is 0.360. The molecule has 0 aliphatic heterocycles. The van der Waals surface area contributed by atoms with Crippen LogP contribution in [0.15, 0.2) is 91.1 Å². The number of pyridine rings is 1. The maximum atomic E-state index is 6.76. The number of hydrogen-bond donors (Lipinski definition) is 0. The number of ether oxygens (including phenoxy) is 1. The van der Waals surface area contributed by atoms with Gasteiger partial charge in [-0.05, 0) is 88.4 Å². The Morgan fingerprint density at radius 2 is 1.46 bits per heavy atom. The first-order valence-corrected chi connectivity index (χ1v) is 20.2. The molecule has 3 heterocycles. The van der Waals surface area contributed by atoms with Crippen molar-refractivity contribution in [3.8, 4) is 34.1 Å². The van der Waals surface area contributed by atoms with E-state index in [-0.39, 0.29) is 38.3 Å². The molecule has 0 aliphatic rings. The second kappa shape index (κ2) is 16.9. The molecular formula is C50H56N4OPt. The van der Waals surface area contributed by atoms with Crippen molar-refractivity contribution in [3.05, 3.63) is 131 Å². The van der Waals surface area contributed by atoms with Crippen LogP contribution in [-0.4, -0.2) is 19.3 Å². The molecule has 0 bridgehead atoms. The smallest absolute Gasteiger partial charge is 0.509 e. The summed E-state index contributed by atoms with van der Waals surface area (Å²) in [6.07, 6.45) is 6.05. The van der Waals surface area contributed by atoms with Crippen LogP contribution in [-0.2, 0) is 33.9 Å². The average molecular weight is 924 g/mol. The first-order chi connectivity index (χ1) is 26.3. The molecule has 0 spiro atoms. The van der Waals surface area contributed by atoms with Gasteiger partial charge in [-0.15, -0.1) is 41.3 Å². The molecule has 7 rings (SSSR count). The summed E-state index contributed by atoms with van der Waals surface area (Å²) >= 11 is 0. The van der Waals surface area contributed by atoms with Crippen molar-refractivity contribution in [1.29, 1.82) is 0 Å². The molecule has 6 heteroatoms. The van der Waals surface area contributed by atoms with Gasteiger partial charge in [-0.2, -0.15) is 11.2 Å². The fourth-order valence-electron chi connectivity index (χ4n) is 7.50. The standard InChI is InChI=1S/C50H56N4O.Pt/c1-11-14-35-17-19-36(20-18-35)48-45(23-25-50(8,9)10)54(52-49(48)34(6)7)39-27-38(33(4)5)28-41(30-39)55-40-21-22-43-42-15-12-13-16-44(42)53(46(43)31-40)47-29-37(32(2)3)24-26-51-47;/h12-13,15-22,24,26-29,32-34H,11,14,23,25H2,1-10H3;/q-2;+2. The van der Waals surface area contributed by atoms with E-state index >= 15 is 0 Å². The molecule has 7 aromatic rings. The summed E-state index contributed by atoms with van der Waals surface area (Å²) in [5.41, 5.74) is 11.7. The molecule has 0 atom stereocenters. The first-order valence-electron chi connectivity index (χ1n) is 20.2. The fourth-order valence-corrected chi connectivity index (χ4v) is 7.50. The Morgan fingerprint density at radius 3 is 2.14 bits per heavy atom. The van der Waals surface area contributed by atoms with E-state index in [1.807, 2.05) is 12.3 Å². The van der Waals surface area contributed by atoms with Gasteiger partial charge in [0.05, 0.1) is 5.69 Å². The average Bonchev–Trinajstić information content (AvgIpc) is 3.70. The third kappa shape index (κ3) is 8.59. The van der Waals surface area contributed by atoms with Gasteiger partial charge in [-0.1, -0.05) is 124 Å². The van der Waals surface area contributed by atoms with E-state index in [1.165, 1.54) is 33.5 Å². The zero-order valence-electron chi connectivity index (χ0n) is 34.7. The topological polar surface area (TPSA) is 44.9 Å². The molecule has 0 radical (unpaired) electrons. The van der Waals surface area contributed by atoms with Gasteiger partial charge in [0.25, 0.3) is 0 Å². The monoisotopic (exact) mass is 923 g/mol. The summed E-state index contributed by atoms with van der Waals surface area (Å²) in [6.45, 7) is 22.6. The summed E-state index contributed by atoms with van der Waals surface area (Å²) in [7, 11) is 0. The van der Waals surface area contributed by atoms with Gasteiger partial charge in [0, 0.05) is 34.5 Å². The summed E-state index contributed by atoms with van der Waals surface area (Å²) in [4.78, 5) is 4.83. The molecule has 0 aliphatic carbocycles. The Hall–Kier alpha value is -4.47. The van der Waals surface area contributed by atoms with Crippen LogP contribution < -0.4 is 4.74 Å². The minimum atomic E-state index is 0. The molecule has 0 fully saturated rings. The first kappa shape index (κ1) is 41.2. The van der Waals surface area contributed by atoms with Crippen molar-refractivity contribution < 1.29 is 25.8 Å². The minimum Gasteiger partial charge on any atom is -0.509 e. The van der Waals surface area contributed by atoms with Crippen LogP contribution in [0.1, 0.15) is 128 Å². The quantitative estimate of drug-likeness (QED) is 0.115. The van der Waals surface area contributed by atoms with Crippen molar-refractivity contribution >= 4 is 21.8 Å². The number of aromatic nitrogens is 4. The van der Waals surface area contributed by atoms with Crippen LogP contribution in [0.4, 0.5) is 0 Å². The van der Waals surface area contributed by atoms with Gasteiger partial charge in [0.1, 0.15) is 5.82 Å². The molecule has 0 N–H and O–H groups in total. The van der Waals surface area contributed by atoms with Crippen molar-refractivity contribution in [2.75, 3.05) is 0 Å². The largest absolute Gasteiger partial charge is 2.00 e. The summed E-state index contributed by atoms with van der Waals surface area (Å²) in [5.74, 6) is 3.05. The number of benzene rings is 4. The van der Waals surface area contributed by atoms with E-state index in [4.69, 9.17) is 14.8 Å². The van der Waals surface area contributed by atoms with Crippen molar-refractivity contribution in [2.45, 2.75) is 113 Å². The minimum absolute atomic E-state index is 0. The van der Waals surface area contributed by atoms with Crippen LogP contribution in [0.3, 0.4) is 0 Å². The SMILES string of the molecule is CCCc1ccc(-c2c(C(C)C)nn(-c3[c-]c(Oc4[c-]c5c(cc4)c4ccccc4n5-c4cc(C(C)C)ccn4)cc(C(C)C)c3)c2CCC(C)(C)C)cc1.[Pt+2]. The normalized spacial score (nSPS) is 12.0. The molecule has 3 aromatic heterocycles. The summed E-state index contributed by atoms with van der Waals surface area (Å²) in [6, 6.07) is 37.8. The predicted octanol–water partition coefficient (Wildman–Crippen LogP) is 13.7. The Labute approximate surface area is 348 Å². The molecular weight excluding hydrogens is 868 g/mol. The Bertz CT molecular complexity index is 2440. The summed E-state index contributed by atoms with van der Waals surface area (Å²) in [5, 5.41) is 7.67. The van der Waals surface area contributed by atoms with Gasteiger partial charge in [0.15, 0.2) is 0 Å². The Kier molecular flexibility index (Phi) is 12.5. The molecule has 0 saturated heterocycles. The van der Waals surface area contributed by atoms with Crippen LogP contribution in [0.5, 0.6) is 11.5 Å². The van der Waals surface area contributed by atoms with Crippen molar-refractivity contribution in [1.82, 2.24) is 19.3 Å². The Morgan fingerprint density at radius 1 is 0.732 bits per heavy atom. The molecule has 4 aromatic carbocycles. The number of nitrogens with zero attached hydrogens (tertiary/aromatic N) is 4. The molecule has 56 heavy (non-hydrogen) atoms. The van der Waals surface area contributed by atoms with E-state index in [0.717, 1.165) is 64.7 Å². The van der Waals surface area contributed by atoms with Crippen molar-refractivity contribution in [3.63, 3.8) is 0 Å². The van der Waals surface area contributed by atoms with E-state index in [9.17, 15) is 0 Å². The number of aryl methyl sites for hydroxylation is 1. The zero-order chi connectivity index (χ0) is 39.0. The van der Waals surface area contributed by atoms with Crippen molar-refractivity contribution in [2.24, 2.45) is 5.41 Å². The van der Waals surface area contributed by atoms with E-state index in [2.05, 4.69) is 169 Å². The van der Waals surface area contributed by atoms with Gasteiger partial charge in [0.2, 0.25) is 0 Å². The van der Waals surface area contributed by atoms with Crippen LogP contribution in [0, 0.1) is 17.5 Å². The molecule has 5 nitrogen and oxygen atoms in total. The van der Waals surface area contributed by atoms with E-state index in [0.29, 0.717) is 17.4 Å². The van der Waals surface area contributed by atoms with Crippen LogP contribution in [0.25, 0.3) is 44.4 Å².